The largest absolute Gasteiger partial charge is 0.295 e. The molecule has 4 aliphatic rings. The molecule has 1 nitrogen and oxygen atoms in total. The first kappa shape index (κ1) is 20.2. The fraction of sp³-hybridized carbons (Fsp3) is 0.741. The lowest BCUT2D eigenvalue weighted by atomic mass is 9.48. The van der Waals surface area contributed by atoms with Crippen molar-refractivity contribution in [2.45, 2.75) is 86.0 Å². The van der Waals surface area contributed by atoms with Crippen molar-refractivity contribution < 1.29 is 4.79 Å². The minimum absolute atomic E-state index is 0.238. The summed E-state index contributed by atoms with van der Waals surface area (Å²) in [6.45, 7) is 12.1. The van der Waals surface area contributed by atoms with Crippen LogP contribution in [-0.2, 0) is 4.79 Å². The molecular formula is C27H40O. The van der Waals surface area contributed by atoms with Gasteiger partial charge >= 0.3 is 0 Å². The lowest BCUT2D eigenvalue weighted by Gasteiger charge is -2.56. The van der Waals surface area contributed by atoms with E-state index in [1.807, 2.05) is 6.08 Å². The van der Waals surface area contributed by atoms with Gasteiger partial charge in [0.1, 0.15) is 0 Å². The van der Waals surface area contributed by atoms with Gasteiger partial charge in [0.2, 0.25) is 0 Å². The Morgan fingerprint density at radius 3 is 2.71 bits per heavy atom. The van der Waals surface area contributed by atoms with Crippen LogP contribution in [0, 0.1) is 40.4 Å². The molecule has 7 atom stereocenters. The van der Waals surface area contributed by atoms with E-state index in [4.69, 9.17) is 0 Å². The number of allylic oxidation sites excluding steroid dienone is 6. The maximum atomic E-state index is 12.0. The lowest BCUT2D eigenvalue weighted by molar-refractivity contribution is -0.116. The highest BCUT2D eigenvalue weighted by Crippen LogP contribution is 2.66. The van der Waals surface area contributed by atoms with Crippen LogP contribution in [-0.4, -0.2) is 5.78 Å². The molecule has 2 saturated carbocycles. The molecule has 28 heavy (non-hydrogen) atoms. The van der Waals surface area contributed by atoms with Crippen LogP contribution in [0.3, 0.4) is 0 Å². The van der Waals surface area contributed by atoms with Crippen molar-refractivity contribution >= 4 is 5.78 Å². The van der Waals surface area contributed by atoms with Gasteiger partial charge in [0, 0.05) is 6.42 Å². The Hall–Kier alpha value is -1.11. The van der Waals surface area contributed by atoms with E-state index in [2.05, 4.69) is 52.8 Å². The number of ketones is 1. The molecule has 3 unspecified atom stereocenters. The SMILES string of the molecule is CC(C)=CCC[C@@H](C)[C@H]1CC[C@H]2C3C=CC4=CC(=O)CCC4(C)[C@H]3CCC12C. The number of hydrogen-bond donors (Lipinski definition) is 0. The first-order valence-corrected chi connectivity index (χ1v) is 11.8. The zero-order valence-electron chi connectivity index (χ0n) is 18.8. The first-order chi connectivity index (χ1) is 13.3. The average molecular weight is 381 g/mol. The van der Waals surface area contributed by atoms with E-state index in [0.29, 0.717) is 11.2 Å². The standard InChI is InChI=1S/C27H40O/c1-18(2)7-6-8-19(3)23-11-12-24-22-10-9-20-17-21(28)13-15-26(20,4)25(22)14-16-27(23,24)5/h7,9-10,17,19,22-25H,6,8,11-16H2,1-5H3/t19-,22?,23-,24+,25+,26?,27?/m1/s1. The Kier molecular flexibility index (Phi) is 5.26. The predicted molar refractivity (Wildman–Crippen MR) is 118 cm³/mol. The van der Waals surface area contributed by atoms with E-state index in [1.54, 1.807) is 0 Å². The second-order valence-corrected chi connectivity index (χ2v) is 11.2. The van der Waals surface area contributed by atoms with Crippen molar-refractivity contribution in [2.24, 2.45) is 40.4 Å². The normalized spacial score (nSPS) is 42.9. The number of hydrogen-bond acceptors (Lipinski definition) is 1. The third-order valence-corrected chi connectivity index (χ3v) is 9.45. The maximum Gasteiger partial charge on any atom is 0.156 e. The number of fused-ring (bicyclic) bond motifs is 5. The minimum Gasteiger partial charge on any atom is -0.295 e. The molecule has 4 aliphatic carbocycles. The summed E-state index contributed by atoms with van der Waals surface area (Å²) >= 11 is 0. The summed E-state index contributed by atoms with van der Waals surface area (Å²) in [6, 6.07) is 0. The van der Waals surface area contributed by atoms with E-state index < -0.39 is 0 Å². The first-order valence-electron chi connectivity index (χ1n) is 11.8. The van der Waals surface area contributed by atoms with Gasteiger partial charge in [0.25, 0.3) is 0 Å². The molecule has 0 aliphatic heterocycles. The van der Waals surface area contributed by atoms with E-state index in [9.17, 15) is 4.79 Å². The zero-order chi connectivity index (χ0) is 20.1. The van der Waals surface area contributed by atoms with Gasteiger partial charge in [-0.1, -0.05) is 44.6 Å². The lowest BCUT2D eigenvalue weighted by Crippen LogP contribution is -2.49. The molecule has 0 radical (unpaired) electrons. The quantitative estimate of drug-likeness (QED) is 0.468. The van der Waals surface area contributed by atoms with Crippen LogP contribution in [0.25, 0.3) is 0 Å². The fourth-order valence-corrected chi connectivity index (χ4v) is 7.81. The molecule has 1 heteroatoms. The second kappa shape index (κ2) is 7.29. The second-order valence-electron chi connectivity index (χ2n) is 11.2. The minimum atomic E-state index is 0.238. The topological polar surface area (TPSA) is 17.1 Å². The van der Waals surface area contributed by atoms with E-state index in [-0.39, 0.29) is 5.41 Å². The number of carbonyl (C=O) groups excluding carboxylic acids is 1. The van der Waals surface area contributed by atoms with Gasteiger partial charge in [0.05, 0.1) is 0 Å². The van der Waals surface area contributed by atoms with Gasteiger partial charge in [-0.25, -0.2) is 0 Å². The molecule has 0 aromatic rings. The Morgan fingerprint density at radius 2 is 1.96 bits per heavy atom. The van der Waals surface area contributed by atoms with Crippen molar-refractivity contribution in [2.75, 3.05) is 0 Å². The van der Waals surface area contributed by atoms with Crippen LogP contribution >= 0.6 is 0 Å². The highest BCUT2D eigenvalue weighted by Gasteiger charge is 2.58. The smallest absolute Gasteiger partial charge is 0.156 e. The Labute approximate surface area is 172 Å². The van der Waals surface area contributed by atoms with Crippen molar-refractivity contribution in [1.82, 2.24) is 0 Å². The zero-order valence-corrected chi connectivity index (χ0v) is 18.8. The summed E-state index contributed by atoms with van der Waals surface area (Å²) in [7, 11) is 0. The van der Waals surface area contributed by atoms with Gasteiger partial charge in [-0.05, 0) is 111 Å². The van der Waals surface area contributed by atoms with Crippen molar-refractivity contribution in [3.05, 3.63) is 35.5 Å². The van der Waals surface area contributed by atoms with Crippen LogP contribution in [0.5, 0.6) is 0 Å². The molecule has 0 aromatic heterocycles. The predicted octanol–water partition coefficient (Wildman–Crippen LogP) is 7.29. The van der Waals surface area contributed by atoms with Crippen LogP contribution in [0.15, 0.2) is 35.5 Å². The van der Waals surface area contributed by atoms with Gasteiger partial charge in [-0.15, -0.1) is 0 Å². The number of carbonyl (C=O) groups is 1. The summed E-state index contributed by atoms with van der Waals surface area (Å²) in [5, 5.41) is 0. The summed E-state index contributed by atoms with van der Waals surface area (Å²) in [6.07, 6.45) is 19.2. The Balaban J connectivity index is 1.55. The molecular weight excluding hydrogens is 340 g/mol. The average Bonchev–Trinajstić information content (AvgIpc) is 2.99. The van der Waals surface area contributed by atoms with E-state index >= 15 is 0 Å². The summed E-state index contributed by atoms with van der Waals surface area (Å²) in [5.41, 5.74) is 3.54. The van der Waals surface area contributed by atoms with Crippen LogP contribution in [0.2, 0.25) is 0 Å². The molecule has 0 bridgehead atoms. The fourth-order valence-electron chi connectivity index (χ4n) is 7.81. The third-order valence-electron chi connectivity index (χ3n) is 9.45. The van der Waals surface area contributed by atoms with Gasteiger partial charge < -0.3 is 0 Å². The number of rotatable bonds is 4. The van der Waals surface area contributed by atoms with Crippen LogP contribution in [0.4, 0.5) is 0 Å². The molecule has 2 fully saturated rings. The molecule has 0 spiro atoms. The van der Waals surface area contributed by atoms with Crippen LogP contribution in [0.1, 0.15) is 86.0 Å². The summed E-state index contributed by atoms with van der Waals surface area (Å²) < 4.78 is 0. The summed E-state index contributed by atoms with van der Waals surface area (Å²) in [5.74, 6) is 4.36. The van der Waals surface area contributed by atoms with E-state index in [1.165, 1.54) is 49.7 Å². The van der Waals surface area contributed by atoms with Gasteiger partial charge in [-0.3, -0.25) is 4.79 Å². The highest BCUT2D eigenvalue weighted by molar-refractivity contribution is 5.92. The molecule has 4 rings (SSSR count). The summed E-state index contributed by atoms with van der Waals surface area (Å²) in [4.78, 5) is 12.0. The highest BCUT2D eigenvalue weighted by atomic mass is 16.1. The van der Waals surface area contributed by atoms with Gasteiger partial charge in [0.15, 0.2) is 5.78 Å². The van der Waals surface area contributed by atoms with E-state index in [0.717, 1.165) is 42.4 Å². The molecule has 0 amide bonds. The van der Waals surface area contributed by atoms with Crippen molar-refractivity contribution in [3.8, 4) is 0 Å². The molecule has 154 valence electrons. The Bertz CT molecular complexity index is 721. The van der Waals surface area contributed by atoms with Crippen LogP contribution < -0.4 is 0 Å². The maximum absolute atomic E-state index is 12.0. The van der Waals surface area contributed by atoms with Crippen molar-refractivity contribution in [1.29, 1.82) is 0 Å². The third kappa shape index (κ3) is 3.17. The molecule has 0 heterocycles. The Morgan fingerprint density at radius 1 is 1.18 bits per heavy atom. The molecule has 0 saturated heterocycles. The van der Waals surface area contributed by atoms with Crippen molar-refractivity contribution in [3.63, 3.8) is 0 Å². The molecule has 0 aromatic carbocycles. The van der Waals surface area contributed by atoms with Gasteiger partial charge in [-0.2, -0.15) is 0 Å². The molecule has 0 N–H and O–H groups in total. The monoisotopic (exact) mass is 380 g/mol.